The van der Waals surface area contributed by atoms with E-state index in [0.717, 1.165) is 12.0 Å². The Bertz CT molecular complexity index is 1740. The number of anilines is 1. The Hall–Kier alpha value is -4.10. The molecule has 0 radical (unpaired) electrons. The highest BCUT2D eigenvalue weighted by Gasteiger charge is 2.55. The van der Waals surface area contributed by atoms with Crippen molar-refractivity contribution in [2.24, 2.45) is 0 Å². The van der Waals surface area contributed by atoms with Crippen molar-refractivity contribution in [2.75, 3.05) is 26.0 Å². The summed E-state index contributed by atoms with van der Waals surface area (Å²) < 4.78 is 20.1. The predicted molar refractivity (Wildman–Crippen MR) is 182 cm³/mol. The maximum Gasteiger partial charge on any atom is 0.237 e. The number of carbonyl (C=O) groups is 2. The average molecular weight is 696 g/mol. The van der Waals surface area contributed by atoms with Gasteiger partial charge < -0.3 is 25.6 Å². The Morgan fingerprint density at radius 1 is 1.10 bits per heavy atom. The number of nitrogens with zero attached hydrogens (tertiary/aromatic N) is 4. The molecule has 2 saturated heterocycles. The summed E-state index contributed by atoms with van der Waals surface area (Å²) in [4.78, 5) is 39.1. The van der Waals surface area contributed by atoms with Crippen LogP contribution in [0.4, 0.5) is 10.2 Å². The van der Waals surface area contributed by atoms with E-state index in [1.54, 1.807) is 30.2 Å². The van der Waals surface area contributed by atoms with Gasteiger partial charge in [-0.1, -0.05) is 65.7 Å². The third-order valence-electron chi connectivity index (χ3n) is 9.01. The monoisotopic (exact) mass is 694 g/mol. The number of carbonyl (C=O) groups excluding carboxylic acids is 2. The zero-order valence-electron chi connectivity index (χ0n) is 26.6. The van der Waals surface area contributed by atoms with Crippen LogP contribution in [-0.2, 0) is 28.2 Å². The molecule has 3 aliphatic rings. The molecule has 252 valence electrons. The van der Waals surface area contributed by atoms with Gasteiger partial charge in [-0.2, -0.15) is 0 Å². The second kappa shape index (κ2) is 14.2. The molecule has 3 unspecified atom stereocenters. The minimum absolute atomic E-state index is 0.000221. The SMILES string of the molecule is COc1nc(C2(Nc3nccc(CNCC4CCC(=O)N4)c3F)C=CC=C(c3ccccc3)C2(Cl)Cl)cnc1CNC1CCC(=O)N1C. The van der Waals surface area contributed by atoms with E-state index in [2.05, 4.69) is 31.2 Å². The molecule has 1 aromatic carbocycles. The van der Waals surface area contributed by atoms with Crippen LogP contribution < -0.4 is 26.0 Å². The number of amides is 2. The van der Waals surface area contributed by atoms with Gasteiger partial charge in [-0.15, -0.1) is 0 Å². The zero-order valence-corrected chi connectivity index (χ0v) is 28.1. The Morgan fingerprint density at radius 2 is 1.92 bits per heavy atom. The molecule has 6 rings (SSSR count). The molecule has 4 N–H and O–H groups in total. The number of hydrogen-bond donors (Lipinski definition) is 4. The Kier molecular flexibility index (Phi) is 9.98. The molecule has 0 bridgehead atoms. The van der Waals surface area contributed by atoms with Crippen molar-refractivity contribution >= 4 is 46.4 Å². The van der Waals surface area contributed by atoms with Crippen molar-refractivity contribution in [3.05, 3.63) is 95.4 Å². The van der Waals surface area contributed by atoms with Gasteiger partial charge in [0.05, 0.1) is 25.2 Å². The van der Waals surface area contributed by atoms with Gasteiger partial charge in [0.15, 0.2) is 16.0 Å². The van der Waals surface area contributed by atoms with E-state index in [1.165, 1.54) is 19.5 Å². The van der Waals surface area contributed by atoms with Gasteiger partial charge in [-0.3, -0.25) is 19.9 Å². The van der Waals surface area contributed by atoms with Crippen LogP contribution in [-0.4, -0.2) is 68.9 Å². The third-order valence-corrected chi connectivity index (χ3v) is 10.0. The number of allylic oxidation sites excluding steroid dienone is 2. The molecule has 3 aromatic rings. The van der Waals surface area contributed by atoms with Crippen LogP contribution in [0.3, 0.4) is 0 Å². The van der Waals surface area contributed by atoms with Gasteiger partial charge in [-0.25, -0.2) is 14.4 Å². The second-order valence-corrected chi connectivity index (χ2v) is 13.4. The van der Waals surface area contributed by atoms with Crippen molar-refractivity contribution < 1.29 is 18.7 Å². The standard InChI is InChI=1S/C34H37Cl2FN8O3/c1-45-27(11-13-29(45)47)41-19-25-32(48-2)43-26(20-40-25)33(15-6-9-24(34(33,35)36)21-7-4-3-5-8-21)44-31-30(37)22(14-16-39-31)17-38-18-23-10-12-28(46)42-23/h3-9,14-16,20,23,27,38,41H,10-13,17-19H2,1-2H3,(H,39,44)(H,42,46). The number of benzene rings is 1. The number of nitrogens with one attached hydrogen (secondary N) is 4. The Labute approximate surface area is 288 Å². The molecule has 2 aliphatic heterocycles. The number of aromatic nitrogens is 3. The fourth-order valence-electron chi connectivity index (χ4n) is 6.27. The molecule has 0 saturated carbocycles. The summed E-state index contributed by atoms with van der Waals surface area (Å²) in [5.74, 6) is -0.376. The van der Waals surface area contributed by atoms with E-state index in [9.17, 15) is 9.59 Å². The highest BCUT2D eigenvalue weighted by Crippen LogP contribution is 2.54. The molecule has 2 amide bonds. The summed E-state index contributed by atoms with van der Waals surface area (Å²) in [6.07, 6.45) is 10.6. The van der Waals surface area contributed by atoms with Crippen LogP contribution in [0, 0.1) is 5.82 Å². The summed E-state index contributed by atoms with van der Waals surface area (Å²) in [5, 5.41) is 12.7. The number of ether oxygens (including phenoxy) is 1. The average Bonchev–Trinajstić information content (AvgIpc) is 3.65. The van der Waals surface area contributed by atoms with E-state index in [0.29, 0.717) is 42.6 Å². The van der Waals surface area contributed by atoms with Crippen molar-refractivity contribution in [1.82, 2.24) is 35.8 Å². The molecular weight excluding hydrogens is 658 g/mol. The number of alkyl halides is 2. The Morgan fingerprint density at radius 3 is 2.62 bits per heavy atom. The first-order valence-corrected chi connectivity index (χ1v) is 16.5. The van der Waals surface area contributed by atoms with Gasteiger partial charge in [0.1, 0.15) is 11.2 Å². The highest BCUT2D eigenvalue weighted by molar-refractivity contribution is 6.55. The summed E-state index contributed by atoms with van der Waals surface area (Å²) >= 11 is 14.8. The molecule has 0 spiro atoms. The number of hydrogen-bond acceptors (Lipinski definition) is 9. The molecule has 3 atom stereocenters. The first-order chi connectivity index (χ1) is 23.1. The topological polar surface area (TPSA) is 133 Å². The fourth-order valence-corrected chi connectivity index (χ4v) is 7.03. The van der Waals surface area contributed by atoms with E-state index < -0.39 is 15.7 Å². The number of pyridine rings is 1. The van der Waals surface area contributed by atoms with Gasteiger partial charge >= 0.3 is 0 Å². The van der Waals surface area contributed by atoms with E-state index in [4.69, 9.17) is 32.9 Å². The smallest absolute Gasteiger partial charge is 0.237 e. The highest BCUT2D eigenvalue weighted by atomic mass is 35.5. The van der Waals surface area contributed by atoms with Gasteiger partial charge in [0, 0.05) is 57.3 Å². The van der Waals surface area contributed by atoms with Crippen LogP contribution in [0.2, 0.25) is 0 Å². The lowest BCUT2D eigenvalue weighted by Crippen LogP contribution is -2.51. The fraction of sp³-hybridized carbons (Fsp3) is 0.382. The molecule has 11 nitrogen and oxygen atoms in total. The molecule has 4 heterocycles. The molecular formula is C34H37Cl2FN8O3. The summed E-state index contributed by atoms with van der Waals surface area (Å²) in [5.41, 5.74) is 0.877. The van der Waals surface area contributed by atoms with Crippen molar-refractivity contribution in [3.63, 3.8) is 0 Å². The quantitative estimate of drug-likeness (QED) is 0.206. The maximum absolute atomic E-state index is 16.2. The lowest BCUT2D eigenvalue weighted by atomic mass is 9.80. The molecule has 48 heavy (non-hydrogen) atoms. The number of halogens is 3. The molecule has 1 aliphatic carbocycles. The van der Waals surface area contributed by atoms with Crippen LogP contribution >= 0.6 is 23.2 Å². The second-order valence-electron chi connectivity index (χ2n) is 12.0. The van der Waals surface area contributed by atoms with Crippen LogP contribution in [0.1, 0.15) is 48.2 Å². The van der Waals surface area contributed by atoms with Crippen molar-refractivity contribution in [2.45, 2.75) is 60.9 Å². The van der Waals surface area contributed by atoms with E-state index in [-0.39, 0.29) is 54.5 Å². The molecule has 14 heteroatoms. The lowest BCUT2D eigenvalue weighted by molar-refractivity contribution is -0.128. The number of methoxy groups -OCH3 is 1. The zero-order chi connectivity index (χ0) is 33.9. The van der Waals surface area contributed by atoms with Crippen LogP contribution in [0.25, 0.3) is 5.57 Å². The van der Waals surface area contributed by atoms with Gasteiger partial charge in [0.2, 0.25) is 17.7 Å². The van der Waals surface area contributed by atoms with Gasteiger partial charge in [0.25, 0.3) is 0 Å². The van der Waals surface area contributed by atoms with Gasteiger partial charge in [-0.05, 0) is 36.1 Å². The number of likely N-dealkylation sites (tertiary alicyclic amines) is 1. The third kappa shape index (κ3) is 6.62. The van der Waals surface area contributed by atoms with Crippen molar-refractivity contribution in [1.29, 1.82) is 0 Å². The number of rotatable bonds is 12. The lowest BCUT2D eigenvalue weighted by Gasteiger charge is -2.44. The first kappa shape index (κ1) is 33.8. The largest absolute Gasteiger partial charge is 0.480 e. The summed E-state index contributed by atoms with van der Waals surface area (Å²) in [6, 6.07) is 11.0. The minimum Gasteiger partial charge on any atom is -0.480 e. The van der Waals surface area contributed by atoms with E-state index in [1.807, 2.05) is 36.4 Å². The molecule has 2 fully saturated rings. The normalized spacial score (nSPS) is 23.3. The predicted octanol–water partition coefficient (Wildman–Crippen LogP) is 4.19. The summed E-state index contributed by atoms with van der Waals surface area (Å²) in [7, 11) is 3.24. The van der Waals surface area contributed by atoms with Crippen LogP contribution in [0.5, 0.6) is 5.88 Å². The molecule has 2 aromatic heterocycles. The first-order valence-electron chi connectivity index (χ1n) is 15.8. The van der Waals surface area contributed by atoms with Crippen molar-refractivity contribution in [3.8, 4) is 5.88 Å². The minimum atomic E-state index is -1.75. The summed E-state index contributed by atoms with van der Waals surface area (Å²) in [6.45, 7) is 0.995. The van der Waals surface area contributed by atoms with E-state index >= 15 is 4.39 Å². The maximum atomic E-state index is 16.2. The Balaban J connectivity index is 1.34. The van der Waals surface area contributed by atoms with Crippen LogP contribution in [0.15, 0.2) is 67.0 Å².